The van der Waals surface area contributed by atoms with Gasteiger partial charge < -0.3 is 14.7 Å². The molecule has 0 aliphatic heterocycles. The maximum absolute atomic E-state index is 10.3. The monoisotopic (exact) mass is 421 g/mol. The van der Waals surface area contributed by atoms with Crippen LogP contribution in [0.15, 0.2) is 36.4 Å². The molecule has 0 saturated carbocycles. The molecule has 24 heavy (non-hydrogen) atoms. The topological polar surface area (TPSA) is 32.7 Å². The first kappa shape index (κ1) is 21.8. The van der Waals surface area contributed by atoms with Crippen molar-refractivity contribution >= 4 is 37.8 Å². The summed E-state index contributed by atoms with van der Waals surface area (Å²) in [5.41, 5.74) is 2.57. The van der Waals surface area contributed by atoms with Crippen LogP contribution in [0.1, 0.15) is 11.1 Å². The molecule has 0 heterocycles. The van der Waals surface area contributed by atoms with Crippen LogP contribution in [0.5, 0.6) is 11.5 Å². The molecule has 7 heteroatoms. The van der Waals surface area contributed by atoms with Gasteiger partial charge in [-0.25, -0.2) is 0 Å². The molecule has 0 saturated heterocycles. The van der Waals surface area contributed by atoms with Gasteiger partial charge in [0, 0.05) is 11.8 Å². The number of para-hydroxylation sites is 1. The Morgan fingerprint density at radius 2 is 1.79 bits per heavy atom. The third-order valence-corrected chi connectivity index (χ3v) is 4.96. The van der Waals surface area contributed by atoms with Crippen LogP contribution in [0.25, 0.3) is 0 Å². The van der Waals surface area contributed by atoms with Crippen LogP contribution in [0.3, 0.4) is 0 Å². The predicted octanol–water partition coefficient (Wildman–Crippen LogP) is 3.78. The molecule has 0 amide bonds. The number of phenols is 1. The molecule has 1 unspecified atom stereocenters. The van der Waals surface area contributed by atoms with E-state index in [0.29, 0.717) is 14.3 Å². The van der Waals surface area contributed by atoms with Gasteiger partial charge in [0.2, 0.25) is 0 Å². The Morgan fingerprint density at radius 3 is 2.38 bits per heavy atom. The zero-order valence-corrected chi connectivity index (χ0v) is 18.3. The summed E-state index contributed by atoms with van der Waals surface area (Å²) >= 11 is -0.556. The number of aromatic hydroxyl groups is 1. The fraction of sp³-hybridized carbons (Fsp3) is 0.294. The van der Waals surface area contributed by atoms with Crippen LogP contribution in [0.2, 0.25) is 0 Å². The van der Waals surface area contributed by atoms with Gasteiger partial charge in [-0.2, -0.15) is 0 Å². The molecule has 2 rings (SSSR count). The van der Waals surface area contributed by atoms with E-state index in [9.17, 15) is 5.11 Å². The van der Waals surface area contributed by atoms with Gasteiger partial charge in [0.1, 0.15) is 0 Å². The Morgan fingerprint density at radius 1 is 1.17 bits per heavy atom. The van der Waals surface area contributed by atoms with E-state index in [2.05, 4.69) is 44.1 Å². The van der Waals surface area contributed by atoms with Gasteiger partial charge >= 0.3 is 35.6 Å². The van der Waals surface area contributed by atoms with Crippen molar-refractivity contribution in [1.29, 1.82) is 0 Å². The Labute approximate surface area is 162 Å². The third kappa shape index (κ3) is 6.56. The van der Waals surface area contributed by atoms with Gasteiger partial charge in [-0.15, -0.1) is 0 Å². The van der Waals surface area contributed by atoms with E-state index in [1.165, 1.54) is 16.4 Å². The van der Waals surface area contributed by atoms with E-state index in [-0.39, 0.29) is 5.75 Å². The minimum atomic E-state index is -0.556. The Kier molecular flexibility index (Phi) is 10.3. The van der Waals surface area contributed by atoms with Gasteiger partial charge in [0.05, 0.1) is 7.11 Å². The van der Waals surface area contributed by atoms with E-state index in [1.54, 1.807) is 13.2 Å². The number of hydrogen-bond acceptors (Lipinski definition) is 3. The van der Waals surface area contributed by atoms with Crippen molar-refractivity contribution in [2.75, 3.05) is 21.2 Å². The summed E-state index contributed by atoms with van der Waals surface area (Å²) in [6.07, 6.45) is 0. The molecule has 0 aromatic heterocycles. The van der Waals surface area contributed by atoms with Crippen LogP contribution in [-0.2, 0) is 23.6 Å². The average Bonchev–Trinajstić information content (AvgIpc) is 2.52. The van der Waals surface area contributed by atoms with E-state index in [4.69, 9.17) is 23.3 Å². The van der Waals surface area contributed by atoms with Crippen LogP contribution in [0.4, 0.5) is 0 Å². The summed E-state index contributed by atoms with van der Waals surface area (Å²) in [5.74, 6) is 0.778. The summed E-state index contributed by atoms with van der Waals surface area (Å²) in [6.45, 7) is 3.02. The standard InChI is InChI=1S/C17H22NO2P.2ClH.Ti/c1-12-7-5-8-13(11-18(2)3)17(12)21-15-10-6-9-14(20-4)16(15)19;;;/h5-10,19,21H,11H2,1-4H3;2*1H;/q;;;+2/p-2. The van der Waals surface area contributed by atoms with Crippen molar-refractivity contribution in [3.8, 4) is 11.5 Å². The SMILES string of the molecule is COc1cccc(Pc2c(C)cccc2CN(C)C)c1O.[Cl][Ti][Cl]. The molecule has 0 aliphatic carbocycles. The molecule has 130 valence electrons. The first-order valence-electron chi connectivity index (χ1n) is 7.27. The summed E-state index contributed by atoms with van der Waals surface area (Å²) in [7, 11) is 15.9. The second-order valence-corrected chi connectivity index (χ2v) is 9.27. The second-order valence-electron chi connectivity index (χ2n) is 5.40. The number of phenolic OH excluding ortho intramolecular Hbond substituents is 1. The third-order valence-electron chi connectivity index (χ3n) is 3.32. The molecule has 2 aromatic rings. The molecule has 0 spiro atoms. The number of rotatable bonds is 5. The predicted molar refractivity (Wildman–Crippen MR) is 103 cm³/mol. The first-order valence-corrected chi connectivity index (χ1v) is 12.6. The van der Waals surface area contributed by atoms with Crippen LogP contribution >= 0.6 is 27.2 Å². The van der Waals surface area contributed by atoms with Crippen molar-refractivity contribution < 1.29 is 26.9 Å². The van der Waals surface area contributed by atoms with E-state index in [1.807, 2.05) is 12.1 Å². The Balaban J connectivity index is 0.000000891. The Hall–Kier alpha value is -0.276. The van der Waals surface area contributed by atoms with E-state index < -0.39 is 17.0 Å². The van der Waals surface area contributed by atoms with Gasteiger partial charge in [0.25, 0.3) is 0 Å². The number of benzene rings is 2. The van der Waals surface area contributed by atoms with Crippen LogP contribution in [0, 0.1) is 6.92 Å². The number of ether oxygens (including phenoxy) is 1. The van der Waals surface area contributed by atoms with Gasteiger partial charge in [-0.1, -0.05) is 38.9 Å². The maximum atomic E-state index is 10.3. The Bertz CT molecular complexity index is 656. The zero-order chi connectivity index (χ0) is 18.1. The number of hydrogen-bond donors (Lipinski definition) is 1. The molecule has 1 atom stereocenters. The minimum absolute atomic E-state index is 0.248. The van der Waals surface area contributed by atoms with Crippen molar-refractivity contribution in [3.63, 3.8) is 0 Å². The fourth-order valence-corrected chi connectivity index (χ4v) is 3.60. The molecular weight excluding hydrogens is 400 g/mol. The van der Waals surface area contributed by atoms with Crippen molar-refractivity contribution in [1.82, 2.24) is 4.90 Å². The van der Waals surface area contributed by atoms with Crippen LogP contribution < -0.4 is 15.3 Å². The van der Waals surface area contributed by atoms with Crippen molar-refractivity contribution in [2.45, 2.75) is 13.5 Å². The number of halogens is 2. The number of aryl methyl sites for hydroxylation is 1. The summed E-state index contributed by atoms with van der Waals surface area (Å²) in [4.78, 5) is 2.16. The second kappa shape index (κ2) is 11.4. The van der Waals surface area contributed by atoms with Crippen LogP contribution in [-0.4, -0.2) is 31.2 Å². The zero-order valence-electron chi connectivity index (χ0n) is 14.2. The molecule has 3 nitrogen and oxygen atoms in total. The molecule has 0 bridgehead atoms. The number of nitrogens with zero attached hydrogens (tertiary/aromatic N) is 1. The molecule has 2 aromatic carbocycles. The molecule has 1 N–H and O–H groups in total. The molecular formula is C17H22Cl2NO2PTi. The van der Waals surface area contributed by atoms with Crippen molar-refractivity contribution in [3.05, 3.63) is 47.5 Å². The number of methoxy groups -OCH3 is 1. The summed E-state index contributed by atoms with van der Waals surface area (Å²) < 4.78 is 5.19. The quantitative estimate of drug-likeness (QED) is 0.589. The fourth-order valence-electron chi connectivity index (χ4n) is 2.30. The summed E-state index contributed by atoms with van der Waals surface area (Å²) in [5, 5.41) is 12.5. The molecule has 0 radical (unpaired) electrons. The molecule has 0 fully saturated rings. The van der Waals surface area contributed by atoms with Crippen molar-refractivity contribution in [2.24, 2.45) is 0 Å². The van der Waals surface area contributed by atoms with Gasteiger partial charge in [0.15, 0.2) is 11.5 Å². The van der Waals surface area contributed by atoms with E-state index >= 15 is 0 Å². The average molecular weight is 422 g/mol. The molecule has 0 aliphatic rings. The van der Waals surface area contributed by atoms with E-state index in [0.717, 1.165) is 11.8 Å². The van der Waals surface area contributed by atoms with Gasteiger partial charge in [-0.3, -0.25) is 0 Å². The van der Waals surface area contributed by atoms with Gasteiger partial charge in [-0.05, 0) is 43.5 Å². The summed E-state index contributed by atoms with van der Waals surface area (Å²) in [6, 6.07) is 12.0. The normalized spacial score (nSPS) is 10.6. The first-order chi connectivity index (χ1) is 11.4.